The summed E-state index contributed by atoms with van der Waals surface area (Å²) in [6, 6.07) is 7.40. The lowest BCUT2D eigenvalue weighted by molar-refractivity contribution is -0.122. The lowest BCUT2D eigenvalue weighted by Crippen LogP contribution is -2.41. The van der Waals surface area contributed by atoms with Crippen LogP contribution in [0.15, 0.2) is 36.7 Å². The van der Waals surface area contributed by atoms with Crippen LogP contribution in [0.5, 0.6) is 5.75 Å². The Morgan fingerprint density at radius 3 is 2.92 bits per heavy atom. The summed E-state index contributed by atoms with van der Waals surface area (Å²) in [7, 11) is 3.47. The van der Waals surface area contributed by atoms with Crippen molar-refractivity contribution in [3.05, 3.63) is 47.8 Å². The third-order valence-electron chi connectivity index (χ3n) is 4.52. The highest BCUT2D eigenvalue weighted by Crippen LogP contribution is 2.38. The van der Waals surface area contributed by atoms with Crippen molar-refractivity contribution >= 4 is 5.91 Å². The first-order chi connectivity index (χ1) is 11.5. The van der Waals surface area contributed by atoms with E-state index in [1.807, 2.05) is 37.5 Å². The number of ether oxygens (including phenoxy) is 1. The van der Waals surface area contributed by atoms with Gasteiger partial charge in [0.15, 0.2) is 0 Å². The number of methoxy groups -OCH3 is 1. The van der Waals surface area contributed by atoms with Crippen LogP contribution in [0.2, 0.25) is 0 Å². The van der Waals surface area contributed by atoms with E-state index in [0.29, 0.717) is 19.3 Å². The first-order valence-electron chi connectivity index (χ1n) is 8.14. The molecule has 1 aliphatic rings. The molecule has 1 amide bonds. The van der Waals surface area contributed by atoms with Gasteiger partial charge in [0.25, 0.3) is 0 Å². The minimum atomic E-state index is -0.260. The van der Waals surface area contributed by atoms with E-state index in [1.54, 1.807) is 18.0 Å². The second-order valence-electron chi connectivity index (χ2n) is 6.41. The molecule has 1 aromatic heterocycles. The molecule has 1 heterocycles. The molecule has 1 aromatic carbocycles. The van der Waals surface area contributed by atoms with Crippen LogP contribution in [0.1, 0.15) is 30.0 Å². The highest BCUT2D eigenvalue weighted by Gasteiger charge is 2.36. The normalized spacial score (nSPS) is 21.0. The van der Waals surface area contributed by atoms with E-state index in [4.69, 9.17) is 4.74 Å². The Morgan fingerprint density at radius 1 is 1.50 bits per heavy atom. The summed E-state index contributed by atoms with van der Waals surface area (Å²) in [6.07, 6.45) is 5.15. The van der Waals surface area contributed by atoms with Gasteiger partial charge in [-0.25, -0.2) is 0 Å². The predicted molar refractivity (Wildman–Crippen MR) is 89.5 cm³/mol. The number of aliphatic hydroxyl groups excluding tert-OH is 1. The van der Waals surface area contributed by atoms with Crippen molar-refractivity contribution in [1.82, 2.24) is 15.1 Å². The van der Waals surface area contributed by atoms with Gasteiger partial charge in [-0.15, -0.1) is 0 Å². The van der Waals surface area contributed by atoms with Crippen molar-refractivity contribution in [2.24, 2.45) is 13.0 Å². The number of hydrogen-bond acceptors (Lipinski definition) is 4. The second kappa shape index (κ2) is 7.05. The second-order valence-corrected chi connectivity index (χ2v) is 6.41. The van der Waals surface area contributed by atoms with Gasteiger partial charge in [-0.3, -0.25) is 9.48 Å². The third-order valence-corrected chi connectivity index (χ3v) is 4.52. The van der Waals surface area contributed by atoms with Crippen LogP contribution >= 0.6 is 0 Å². The van der Waals surface area contributed by atoms with E-state index in [1.165, 1.54) is 0 Å². The zero-order valence-corrected chi connectivity index (χ0v) is 14.0. The highest BCUT2D eigenvalue weighted by atomic mass is 16.5. The summed E-state index contributed by atoms with van der Waals surface area (Å²) in [6.45, 7) is 0. The van der Waals surface area contributed by atoms with Crippen molar-refractivity contribution in [2.45, 2.75) is 31.4 Å². The molecule has 2 N–H and O–H groups in total. The minimum absolute atomic E-state index is 0.0431. The molecule has 0 bridgehead atoms. The Balaban J connectivity index is 1.68. The molecule has 6 nitrogen and oxygen atoms in total. The average molecular weight is 329 g/mol. The molecule has 3 rings (SSSR count). The van der Waals surface area contributed by atoms with Gasteiger partial charge < -0.3 is 15.2 Å². The van der Waals surface area contributed by atoms with Crippen molar-refractivity contribution in [1.29, 1.82) is 0 Å². The quantitative estimate of drug-likeness (QED) is 0.844. The number of nitrogens with one attached hydrogen (secondary N) is 1. The molecule has 24 heavy (non-hydrogen) atoms. The monoisotopic (exact) mass is 329 g/mol. The molecule has 0 saturated heterocycles. The first-order valence-corrected chi connectivity index (χ1v) is 8.14. The number of carbonyl (C=O) groups excluding carboxylic acids is 1. The molecule has 0 radical (unpaired) electrons. The van der Waals surface area contributed by atoms with Gasteiger partial charge in [-0.05, 0) is 36.5 Å². The molecular weight excluding hydrogens is 306 g/mol. The Labute approximate surface area is 141 Å². The van der Waals surface area contributed by atoms with Crippen LogP contribution in [-0.4, -0.2) is 34.0 Å². The van der Waals surface area contributed by atoms with E-state index in [2.05, 4.69) is 10.4 Å². The van der Waals surface area contributed by atoms with Crippen LogP contribution < -0.4 is 10.1 Å². The van der Waals surface area contributed by atoms with Crippen LogP contribution in [-0.2, 0) is 18.3 Å². The summed E-state index contributed by atoms with van der Waals surface area (Å²) < 4.78 is 6.92. The number of aromatic nitrogens is 2. The Hall–Kier alpha value is -2.34. The number of amides is 1. The van der Waals surface area contributed by atoms with Gasteiger partial charge in [-0.1, -0.05) is 12.1 Å². The van der Waals surface area contributed by atoms with Crippen LogP contribution in [0.4, 0.5) is 0 Å². The summed E-state index contributed by atoms with van der Waals surface area (Å²) in [5.74, 6) is 0.947. The van der Waals surface area contributed by atoms with Gasteiger partial charge in [-0.2, -0.15) is 5.10 Å². The predicted octanol–water partition coefficient (Wildman–Crippen LogP) is 1.60. The number of aliphatic hydroxyl groups is 1. The standard InChI is InChI=1S/C18H23N3O3/c1-21-11-14(10-19-21)18(13-8-15(22)9-13)20-17(23)7-12-4-3-5-16(6-12)24-2/h3-6,10-11,13,15,18,22H,7-9H2,1-2H3,(H,20,23)/t13?,15?,18-/m1/s1. The summed E-state index contributed by atoms with van der Waals surface area (Å²) >= 11 is 0. The van der Waals surface area contributed by atoms with Crippen molar-refractivity contribution < 1.29 is 14.6 Å². The first kappa shape index (κ1) is 16.5. The summed E-state index contributed by atoms with van der Waals surface area (Å²) in [5.41, 5.74) is 1.89. The lowest BCUT2D eigenvalue weighted by atomic mass is 9.75. The van der Waals surface area contributed by atoms with Crippen molar-refractivity contribution in [2.75, 3.05) is 7.11 Å². The Bertz CT molecular complexity index is 707. The number of carbonyl (C=O) groups is 1. The van der Waals surface area contributed by atoms with Gasteiger partial charge in [0, 0.05) is 18.8 Å². The molecule has 2 aromatic rings. The lowest BCUT2D eigenvalue weighted by Gasteiger charge is -2.37. The SMILES string of the molecule is COc1cccc(CC(=O)N[C@@H](c2cnn(C)c2)C2CC(O)C2)c1. The molecule has 0 aliphatic heterocycles. The molecule has 1 fully saturated rings. The number of aryl methyl sites for hydroxylation is 1. The van der Waals surface area contributed by atoms with Gasteiger partial charge in [0.2, 0.25) is 5.91 Å². The fourth-order valence-electron chi connectivity index (χ4n) is 3.17. The highest BCUT2D eigenvalue weighted by molar-refractivity contribution is 5.79. The third kappa shape index (κ3) is 3.76. The van der Waals surface area contributed by atoms with Gasteiger partial charge in [0.05, 0.1) is 31.9 Å². The molecule has 1 aliphatic carbocycles. The Morgan fingerprint density at radius 2 is 2.29 bits per heavy atom. The summed E-state index contributed by atoms with van der Waals surface area (Å²) in [4.78, 5) is 12.5. The molecule has 0 spiro atoms. The van der Waals surface area contributed by atoms with E-state index in [-0.39, 0.29) is 24.0 Å². The maximum absolute atomic E-state index is 12.5. The molecule has 1 saturated carbocycles. The van der Waals surface area contributed by atoms with Crippen molar-refractivity contribution in [3.63, 3.8) is 0 Å². The van der Waals surface area contributed by atoms with E-state index in [9.17, 15) is 9.90 Å². The van der Waals surface area contributed by atoms with Gasteiger partial charge >= 0.3 is 0 Å². The molecule has 6 heteroatoms. The van der Waals surface area contributed by atoms with Crippen molar-refractivity contribution in [3.8, 4) is 5.75 Å². The van der Waals surface area contributed by atoms with E-state index in [0.717, 1.165) is 16.9 Å². The largest absolute Gasteiger partial charge is 0.497 e. The maximum Gasteiger partial charge on any atom is 0.224 e. The van der Waals surface area contributed by atoms with E-state index >= 15 is 0 Å². The topological polar surface area (TPSA) is 76.4 Å². The van der Waals surface area contributed by atoms with Crippen LogP contribution in [0, 0.1) is 5.92 Å². The smallest absolute Gasteiger partial charge is 0.224 e. The van der Waals surface area contributed by atoms with E-state index < -0.39 is 0 Å². The number of benzene rings is 1. The minimum Gasteiger partial charge on any atom is -0.497 e. The summed E-state index contributed by atoms with van der Waals surface area (Å²) in [5, 5.41) is 16.9. The molecule has 0 unspecified atom stereocenters. The van der Waals surface area contributed by atoms with Crippen LogP contribution in [0.3, 0.4) is 0 Å². The van der Waals surface area contributed by atoms with Crippen LogP contribution in [0.25, 0.3) is 0 Å². The number of nitrogens with zero attached hydrogens (tertiary/aromatic N) is 2. The fraction of sp³-hybridized carbons (Fsp3) is 0.444. The zero-order chi connectivity index (χ0) is 17.1. The molecular formula is C18H23N3O3. The average Bonchev–Trinajstić information content (AvgIpc) is 2.96. The zero-order valence-electron chi connectivity index (χ0n) is 14.0. The number of hydrogen-bond donors (Lipinski definition) is 2. The van der Waals surface area contributed by atoms with Gasteiger partial charge in [0.1, 0.15) is 5.75 Å². The maximum atomic E-state index is 12.5. The Kier molecular flexibility index (Phi) is 4.85. The number of rotatable bonds is 6. The molecule has 128 valence electrons. The molecule has 1 atom stereocenters. The fourth-order valence-corrected chi connectivity index (χ4v) is 3.17.